The van der Waals surface area contributed by atoms with E-state index in [2.05, 4.69) is 111 Å². The van der Waals surface area contributed by atoms with Gasteiger partial charge in [0.1, 0.15) is 8.07 Å². The van der Waals surface area contributed by atoms with Crippen LogP contribution in [0.1, 0.15) is 37.3 Å². The quantitative estimate of drug-likeness (QED) is 0.386. The van der Waals surface area contributed by atoms with E-state index in [0.29, 0.717) is 0 Å². The Balaban J connectivity index is 1.77. The normalized spacial score (nSPS) is 15.4. The van der Waals surface area contributed by atoms with Crippen LogP contribution in [0.5, 0.6) is 0 Å². The van der Waals surface area contributed by atoms with Crippen LogP contribution in [0.25, 0.3) is 0 Å². The summed E-state index contributed by atoms with van der Waals surface area (Å²) in [4.78, 5) is 0. The van der Waals surface area contributed by atoms with Crippen molar-refractivity contribution in [2.75, 3.05) is 0 Å². The molecule has 1 heteroatoms. The Morgan fingerprint density at radius 1 is 0.733 bits per heavy atom. The molecule has 1 aliphatic rings. The Morgan fingerprint density at radius 2 is 1.37 bits per heavy atom. The first-order valence-corrected chi connectivity index (χ1v) is 13.8. The predicted molar refractivity (Wildman–Crippen MR) is 133 cm³/mol. The van der Waals surface area contributed by atoms with E-state index in [1.165, 1.54) is 46.3 Å². The van der Waals surface area contributed by atoms with E-state index >= 15 is 0 Å². The molecule has 0 radical (unpaired) electrons. The number of allylic oxidation sites excluding steroid dienone is 4. The number of hydrogen-bond acceptors (Lipinski definition) is 0. The summed E-state index contributed by atoms with van der Waals surface area (Å²) in [5.74, 6) is 0. The molecular weight excluding hydrogens is 376 g/mol. The lowest BCUT2D eigenvalue weighted by molar-refractivity contribution is 0.795. The number of rotatable bonds is 8. The predicted octanol–water partition coefficient (Wildman–Crippen LogP) is 6.26. The van der Waals surface area contributed by atoms with Crippen molar-refractivity contribution in [3.63, 3.8) is 0 Å². The second-order valence-corrected chi connectivity index (χ2v) is 12.6. The number of benzene rings is 3. The highest BCUT2D eigenvalue weighted by Crippen LogP contribution is 2.30. The van der Waals surface area contributed by atoms with E-state index in [1.807, 2.05) is 0 Å². The zero-order chi connectivity index (χ0) is 20.8. The first-order valence-electron chi connectivity index (χ1n) is 11.3. The van der Waals surface area contributed by atoms with Gasteiger partial charge in [0, 0.05) is 0 Å². The van der Waals surface area contributed by atoms with Gasteiger partial charge < -0.3 is 0 Å². The molecule has 0 saturated carbocycles. The first-order chi connectivity index (χ1) is 14.7. The molecule has 1 unspecified atom stereocenters. The minimum absolute atomic E-state index is 1.02. The van der Waals surface area contributed by atoms with Crippen molar-refractivity contribution in [3.8, 4) is 0 Å². The third kappa shape index (κ3) is 4.27. The van der Waals surface area contributed by atoms with Crippen LogP contribution in [0.4, 0.5) is 0 Å². The van der Waals surface area contributed by atoms with Crippen LogP contribution in [-0.4, -0.2) is 8.07 Å². The van der Waals surface area contributed by atoms with Gasteiger partial charge in [0.05, 0.1) is 0 Å². The minimum Gasteiger partial charge on any atom is -0.0805 e. The van der Waals surface area contributed by atoms with Crippen molar-refractivity contribution in [1.29, 1.82) is 0 Å². The van der Waals surface area contributed by atoms with E-state index in [4.69, 9.17) is 0 Å². The number of unbranched alkanes of at least 4 members (excludes halogenated alkanes) is 1. The molecule has 1 atom stereocenters. The molecule has 1 aliphatic carbocycles. The average Bonchev–Trinajstić information content (AvgIpc) is 3.27. The summed E-state index contributed by atoms with van der Waals surface area (Å²) in [7, 11) is -2.02. The molecule has 0 spiro atoms. The lowest BCUT2D eigenvalue weighted by atomic mass is 10.1. The second kappa shape index (κ2) is 9.45. The maximum Gasteiger partial charge on any atom is 0.141 e. The highest BCUT2D eigenvalue weighted by atomic mass is 28.3. The van der Waals surface area contributed by atoms with Crippen LogP contribution in [0.3, 0.4) is 0 Å². The molecule has 3 aromatic carbocycles. The topological polar surface area (TPSA) is 0 Å². The van der Waals surface area contributed by atoms with E-state index in [-0.39, 0.29) is 0 Å². The summed E-state index contributed by atoms with van der Waals surface area (Å²) in [5.41, 5.74) is 4.39. The van der Waals surface area contributed by atoms with Gasteiger partial charge in [-0.2, -0.15) is 0 Å². The van der Waals surface area contributed by atoms with Crippen molar-refractivity contribution >= 4 is 18.4 Å². The maximum atomic E-state index is 2.55. The molecule has 0 amide bonds. The second-order valence-electron chi connectivity index (χ2n) is 8.56. The summed E-state index contributed by atoms with van der Waals surface area (Å²) in [6.45, 7) is 4.82. The van der Waals surface area contributed by atoms with E-state index in [0.717, 1.165) is 12.8 Å². The maximum absolute atomic E-state index is 2.55. The van der Waals surface area contributed by atoms with Crippen LogP contribution in [-0.2, 0) is 12.8 Å². The SMILES string of the molecule is CCCCc1ccc([Si](C)(C2=C(Cc3ccccc3)C=CC2)c2ccccc2)cc1. The summed E-state index contributed by atoms with van der Waals surface area (Å²) in [6.07, 6.45) is 10.6. The molecule has 0 N–H and O–H groups in total. The summed E-state index contributed by atoms with van der Waals surface area (Å²) in [5, 5.41) is 4.70. The fraction of sp³-hybridized carbons (Fsp3) is 0.241. The molecule has 4 rings (SSSR count). The van der Waals surface area contributed by atoms with E-state index in [1.54, 1.807) is 5.20 Å². The Labute approximate surface area is 183 Å². The van der Waals surface area contributed by atoms with Gasteiger partial charge in [-0.1, -0.05) is 122 Å². The largest absolute Gasteiger partial charge is 0.141 e. The Morgan fingerprint density at radius 3 is 2.03 bits per heavy atom. The average molecular weight is 409 g/mol. The van der Waals surface area contributed by atoms with Gasteiger partial charge in [-0.3, -0.25) is 0 Å². The van der Waals surface area contributed by atoms with Crippen molar-refractivity contribution in [3.05, 3.63) is 119 Å². The third-order valence-electron chi connectivity index (χ3n) is 6.57. The smallest absolute Gasteiger partial charge is 0.0805 e. The third-order valence-corrected chi connectivity index (χ3v) is 11.3. The van der Waals surface area contributed by atoms with Gasteiger partial charge in [0.2, 0.25) is 0 Å². The van der Waals surface area contributed by atoms with Crippen LogP contribution >= 0.6 is 0 Å². The van der Waals surface area contributed by atoms with Gasteiger partial charge in [0.25, 0.3) is 0 Å². The van der Waals surface area contributed by atoms with Gasteiger partial charge >= 0.3 is 0 Å². The van der Waals surface area contributed by atoms with Gasteiger partial charge in [0.15, 0.2) is 0 Å². The molecule has 30 heavy (non-hydrogen) atoms. The van der Waals surface area contributed by atoms with Gasteiger partial charge in [-0.05, 0) is 52.8 Å². The molecular formula is C29H32Si. The van der Waals surface area contributed by atoms with E-state index in [9.17, 15) is 0 Å². The van der Waals surface area contributed by atoms with Gasteiger partial charge in [-0.15, -0.1) is 0 Å². The first kappa shape index (κ1) is 20.6. The minimum atomic E-state index is -2.02. The van der Waals surface area contributed by atoms with Crippen molar-refractivity contribution in [2.24, 2.45) is 0 Å². The van der Waals surface area contributed by atoms with Crippen LogP contribution < -0.4 is 10.4 Å². The molecule has 152 valence electrons. The zero-order valence-corrected chi connectivity index (χ0v) is 19.3. The van der Waals surface area contributed by atoms with Crippen LogP contribution in [0, 0.1) is 0 Å². The van der Waals surface area contributed by atoms with Crippen LogP contribution in [0.15, 0.2) is 108 Å². The van der Waals surface area contributed by atoms with Crippen molar-refractivity contribution in [1.82, 2.24) is 0 Å². The molecule has 0 nitrogen and oxygen atoms in total. The molecule has 0 saturated heterocycles. The highest BCUT2D eigenvalue weighted by molar-refractivity contribution is 7.06. The monoisotopic (exact) mass is 408 g/mol. The lowest BCUT2D eigenvalue weighted by Gasteiger charge is -2.32. The molecule has 0 bridgehead atoms. The Hall–Kier alpha value is -2.64. The van der Waals surface area contributed by atoms with Crippen molar-refractivity contribution < 1.29 is 0 Å². The van der Waals surface area contributed by atoms with Crippen LogP contribution in [0.2, 0.25) is 6.55 Å². The lowest BCUT2D eigenvalue weighted by Crippen LogP contribution is -2.57. The molecule has 0 aromatic heterocycles. The standard InChI is InChI=1S/C29H32Si/c1-3-4-12-24-19-21-28(22-20-24)30(2,27-16-9-6-10-17-27)29-18-11-15-26(29)23-25-13-7-5-8-14-25/h5-11,13-17,19-22H,3-4,12,18,23H2,1-2H3. The Kier molecular flexibility index (Phi) is 6.49. The summed E-state index contributed by atoms with van der Waals surface area (Å²) in [6, 6.07) is 31.8. The van der Waals surface area contributed by atoms with E-state index < -0.39 is 8.07 Å². The van der Waals surface area contributed by atoms with Crippen molar-refractivity contribution in [2.45, 2.75) is 45.6 Å². The fourth-order valence-electron chi connectivity index (χ4n) is 4.73. The molecule has 3 aromatic rings. The Bertz CT molecular complexity index is 1010. The highest BCUT2D eigenvalue weighted by Gasteiger charge is 2.37. The molecule has 0 aliphatic heterocycles. The zero-order valence-electron chi connectivity index (χ0n) is 18.3. The van der Waals surface area contributed by atoms with Gasteiger partial charge in [-0.25, -0.2) is 0 Å². The fourth-order valence-corrected chi connectivity index (χ4v) is 8.79. The number of hydrogen-bond donors (Lipinski definition) is 0. The summed E-state index contributed by atoms with van der Waals surface area (Å²) >= 11 is 0. The molecule has 0 fully saturated rings. The summed E-state index contributed by atoms with van der Waals surface area (Å²) < 4.78 is 0. The molecule has 0 heterocycles. The number of aryl methyl sites for hydroxylation is 1.